The van der Waals surface area contributed by atoms with Crippen molar-refractivity contribution in [2.75, 3.05) is 6.54 Å². The van der Waals surface area contributed by atoms with E-state index in [9.17, 15) is 0 Å². The summed E-state index contributed by atoms with van der Waals surface area (Å²) in [5.74, 6) is 2.76. The van der Waals surface area contributed by atoms with Crippen LogP contribution in [0.5, 0.6) is 0 Å². The van der Waals surface area contributed by atoms with Crippen molar-refractivity contribution in [3.63, 3.8) is 0 Å². The summed E-state index contributed by atoms with van der Waals surface area (Å²) in [6, 6.07) is 8.47. The first-order valence-corrected chi connectivity index (χ1v) is 6.93. The SMILES string of the molecule is Cc1ccccc1Cc1nnc2n1CC(CN)CC2. The average Bonchev–Trinajstić information content (AvgIpc) is 2.84. The van der Waals surface area contributed by atoms with E-state index in [2.05, 4.69) is 46.0 Å². The van der Waals surface area contributed by atoms with Crippen molar-refractivity contribution in [1.82, 2.24) is 14.8 Å². The summed E-state index contributed by atoms with van der Waals surface area (Å²) in [7, 11) is 0. The molecule has 4 nitrogen and oxygen atoms in total. The van der Waals surface area contributed by atoms with Crippen LogP contribution in [0.3, 0.4) is 0 Å². The standard InChI is InChI=1S/C15H20N4/c1-11-4-2-3-5-13(11)8-15-18-17-14-7-6-12(9-16)10-19(14)15/h2-5,12H,6-10,16H2,1H3. The number of aromatic nitrogens is 3. The smallest absolute Gasteiger partial charge is 0.137 e. The Balaban J connectivity index is 1.87. The van der Waals surface area contributed by atoms with Gasteiger partial charge >= 0.3 is 0 Å². The number of rotatable bonds is 3. The van der Waals surface area contributed by atoms with Crippen LogP contribution in [0.15, 0.2) is 24.3 Å². The van der Waals surface area contributed by atoms with E-state index < -0.39 is 0 Å². The highest BCUT2D eigenvalue weighted by Crippen LogP contribution is 2.21. The fourth-order valence-corrected chi connectivity index (χ4v) is 2.75. The van der Waals surface area contributed by atoms with Crippen LogP contribution < -0.4 is 5.73 Å². The fourth-order valence-electron chi connectivity index (χ4n) is 2.75. The van der Waals surface area contributed by atoms with Gasteiger partial charge in [-0.1, -0.05) is 24.3 Å². The van der Waals surface area contributed by atoms with Gasteiger partial charge in [0.05, 0.1) is 0 Å². The second kappa shape index (κ2) is 5.13. The summed E-state index contributed by atoms with van der Waals surface area (Å²) in [6.45, 7) is 3.87. The molecular weight excluding hydrogens is 236 g/mol. The topological polar surface area (TPSA) is 56.7 Å². The maximum atomic E-state index is 5.80. The Bertz CT molecular complexity index is 573. The number of hydrogen-bond acceptors (Lipinski definition) is 3. The minimum absolute atomic E-state index is 0.569. The maximum Gasteiger partial charge on any atom is 0.137 e. The van der Waals surface area contributed by atoms with Gasteiger partial charge in [-0.2, -0.15) is 0 Å². The molecule has 0 aliphatic carbocycles. The van der Waals surface area contributed by atoms with Crippen molar-refractivity contribution in [2.24, 2.45) is 11.7 Å². The summed E-state index contributed by atoms with van der Waals surface area (Å²) >= 11 is 0. The summed E-state index contributed by atoms with van der Waals surface area (Å²) in [4.78, 5) is 0. The predicted octanol–water partition coefficient (Wildman–Crippen LogP) is 1.70. The summed E-state index contributed by atoms with van der Waals surface area (Å²) in [5.41, 5.74) is 8.44. The van der Waals surface area contributed by atoms with Gasteiger partial charge in [-0.25, -0.2) is 0 Å². The molecule has 1 unspecified atom stereocenters. The Morgan fingerprint density at radius 3 is 2.95 bits per heavy atom. The zero-order chi connectivity index (χ0) is 13.2. The van der Waals surface area contributed by atoms with Crippen molar-refractivity contribution in [2.45, 2.75) is 32.7 Å². The first-order chi connectivity index (χ1) is 9.28. The Kier molecular flexibility index (Phi) is 3.34. The minimum Gasteiger partial charge on any atom is -0.330 e. The molecule has 0 bridgehead atoms. The summed E-state index contributed by atoms with van der Waals surface area (Å²) in [5, 5.41) is 8.70. The number of nitrogens with two attached hydrogens (primary N) is 1. The molecule has 19 heavy (non-hydrogen) atoms. The van der Waals surface area contributed by atoms with E-state index in [1.54, 1.807) is 0 Å². The van der Waals surface area contributed by atoms with Crippen LogP contribution in [0.2, 0.25) is 0 Å². The predicted molar refractivity (Wildman–Crippen MR) is 74.9 cm³/mol. The molecule has 0 amide bonds. The van der Waals surface area contributed by atoms with Crippen LogP contribution >= 0.6 is 0 Å². The molecule has 2 N–H and O–H groups in total. The van der Waals surface area contributed by atoms with Gasteiger partial charge in [0.1, 0.15) is 11.6 Å². The van der Waals surface area contributed by atoms with Crippen molar-refractivity contribution in [3.05, 3.63) is 47.0 Å². The quantitative estimate of drug-likeness (QED) is 0.909. The zero-order valence-corrected chi connectivity index (χ0v) is 11.3. The minimum atomic E-state index is 0.569. The highest BCUT2D eigenvalue weighted by molar-refractivity contribution is 5.28. The van der Waals surface area contributed by atoms with Gasteiger partial charge in [0, 0.05) is 19.4 Å². The van der Waals surface area contributed by atoms with Crippen molar-refractivity contribution < 1.29 is 0 Å². The van der Waals surface area contributed by atoms with Crippen LogP contribution in [0.25, 0.3) is 0 Å². The maximum absolute atomic E-state index is 5.80. The van der Waals surface area contributed by atoms with E-state index in [1.807, 2.05) is 0 Å². The Morgan fingerprint density at radius 1 is 1.32 bits per heavy atom. The molecule has 1 aromatic heterocycles. The van der Waals surface area contributed by atoms with E-state index in [-0.39, 0.29) is 0 Å². The molecule has 0 spiro atoms. The van der Waals surface area contributed by atoms with E-state index in [4.69, 9.17) is 5.73 Å². The molecule has 0 saturated heterocycles. The third-order valence-corrected chi connectivity index (χ3v) is 4.06. The first-order valence-electron chi connectivity index (χ1n) is 6.93. The van der Waals surface area contributed by atoms with Crippen LogP contribution in [0, 0.1) is 12.8 Å². The lowest BCUT2D eigenvalue weighted by atomic mass is 9.99. The molecule has 0 radical (unpaired) electrons. The van der Waals surface area contributed by atoms with Crippen molar-refractivity contribution >= 4 is 0 Å². The largest absolute Gasteiger partial charge is 0.330 e. The lowest BCUT2D eigenvalue weighted by Gasteiger charge is -2.23. The van der Waals surface area contributed by atoms with E-state index in [1.165, 1.54) is 11.1 Å². The van der Waals surface area contributed by atoms with Crippen LogP contribution in [0.4, 0.5) is 0 Å². The lowest BCUT2D eigenvalue weighted by molar-refractivity contribution is 0.368. The van der Waals surface area contributed by atoms with Gasteiger partial charge in [0.25, 0.3) is 0 Å². The van der Waals surface area contributed by atoms with Gasteiger partial charge in [0.2, 0.25) is 0 Å². The zero-order valence-electron chi connectivity index (χ0n) is 11.3. The van der Waals surface area contributed by atoms with Crippen LogP contribution in [0.1, 0.15) is 29.2 Å². The molecule has 0 fully saturated rings. The van der Waals surface area contributed by atoms with Gasteiger partial charge in [-0.3, -0.25) is 0 Å². The van der Waals surface area contributed by atoms with Crippen molar-refractivity contribution in [1.29, 1.82) is 0 Å². The molecular formula is C15H20N4. The van der Waals surface area contributed by atoms with Gasteiger partial charge in [-0.05, 0) is 36.9 Å². The number of nitrogens with zero attached hydrogens (tertiary/aromatic N) is 3. The number of aryl methyl sites for hydroxylation is 2. The highest BCUT2D eigenvalue weighted by Gasteiger charge is 2.22. The summed E-state index contributed by atoms with van der Waals surface area (Å²) < 4.78 is 2.27. The number of benzene rings is 1. The average molecular weight is 256 g/mol. The normalized spacial score (nSPS) is 18.3. The molecule has 3 rings (SSSR count). The van der Waals surface area contributed by atoms with Gasteiger partial charge in [0.15, 0.2) is 0 Å². The molecule has 1 atom stereocenters. The third kappa shape index (κ3) is 2.40. The lowest BCUT2D eigenvalue weighted by Crippen LogP contribution is -2.27. The molecule has 2 heterocycles. The Hall–Kier alpha value is -1.68. The third-order valence-electron chi connectivity index (χ3n) is 4.06. The molecule has 100 valence electrons. The first kappa shape index (κ1) is 12.4. The van der Waals surface area contributed by atoms with Crippen LogP contribution in [-0.2, 0) is 19.4 Å². The van der Waals surface area contributed by atoms with E-state index in [0.717, 1.165) is 44.0 Å². The number of fused-ring (bicyclic) bond motifs is 1. The second-order valence-electron chi connectivity index (χ2n) is 5.39. The van der Waals surface area contributed by atoms with Crippen molar-refractivity contribution in [3.8, 4) is 0 Å². The molecule has 0 saturated carbocycles. The fraction of sp³-hybridized carbons (Fsp3) is 0.467. The molecule has 2 aromatic rings. The molecule has 1 aromatic carbocycles. The van der Waals surface area contributed by atoms with E-state index in [0.29, 0.717) is 5.92 Å². The highest BCUT2D eigenvalue weighted by atomic mass is 15.3. The monoisotopic (exact) mass is 256 g/mol. The van der Waals surface area contributed by atoms with Crippen LogP contribution in [-0.4, -0.2) is 21.3 Å². The second-order valence-corrected chi connectivity index (χ2v) is 5.39. The molecule has 4 heteroatoms. The number of hydrogen-bond donors (Lipinski definition) is 1. The molecule has 1 aliphatic rings. The van der Waals surface area contributed by atoms with E-state index >= 15 is 0 Å². The summed E-state index contributed by atoms with van der Waals surface area (Å²) in [6.07, 6.45) is 3.00. The molecule has 1 aliphatic heterocycles. The van der Waals surface area contributed by atoms with Gasteiger partial charge in [-0.15, -0.1) is 10.2 Å². The Labute approximate surface area is 113 Å². The Morgan fingerprint density at radius 2 is 2.16 bits per heavy atom. The van der Waals surface area contributed by atoms with Gasteiger partial charge < -0.3 is 10.3 Å².